The van der Waals surface area contributed by atoms with Crippen LogP contribution < -0.4 is 24.6 Å². The van der Waals surface area contributed by atoms with Gasteiger partial charge in [0.2, 0.25) is 0 Å². The van der Waals surface area contributed by atoms with Crippen molar-refractivity contribution in [2.75, 3.05) is 42.9 Å². The molecule has 7 nitrogen and oxygen atoms in total. The normalized spacial score (nSPS) is 14.1. The third kappa shape index (κ3) is 6.24. The zero-order chi connectivity index (χ0) is 27.4. The second kappa shape index (κ2) is 12.1. The lowest BCUT2D eigenvalue weighted by Crippen LogP contribution is -2.27. The Balaban J connectivity index is 1.45. The van der Waals surface area contributed by atoms with Gasteiger partial charge >= 0.3 is 0 Å². The molecule has 0 spiro atoms. The predicted octanol–water partition coefficient (Wildman–Crippen LogP) is 6.49. The van der Waals surface area contributed by atoms with Crippen molar-refractivity contribution in [2.45, 2.75) is 0 Å². The summed E-state index contributed by atoms with van der Waals surface area (Å²) in [6.45, 7) is -0.274. The summed E-state index contributed by atoms with van der Waals surface area (Å²) in [6, 6.07) is 17.7. The number of amides is 2. The van der Waals surface area contributed by atoms with E-state index < -0.39 is 5.91 Å². The lowest BCUT2D eigenvalue weighted by atomic mass is 10.1. The third-order valence-electron chi connectivity index (χ3n) is 5.49. The van der Waals surface area contributed by atoms with Crippen molar-refractivity contribution in [1.29, 1.82) is 0 Å². The highest BCUT2D eigenvalue weighted by Crippen LogP contribution is 2.38. The molecule has 38 heavy (non-hydrogen) atoms. The Hall–Kier alpha value is -3.24. The second-order valence-electron chi connectivity index (χ2n) is 8.28. The maximum atomic E-state index is 13.2. The minimum absolute atomic E-state index is 0.201. The molecule has 1 saturated heterocycles. The van der Waals surface area contributed by atoms with Crippen LogP contribution in [0.15, 0.2) is 65.6 Å². The number of rotatable bonds is 8. The van der Waals surface area contributed by atoms with Crippen molar-refractivity contribution >= 4 is 86.5 Å². The number of methoxy groups -OCH3 is 1. The largest absolute Gasteiger partial charge is 0.493 e. The van der Waals surface area contributed by atoms with Gasteiger partial charge in [-0.05, 0) is 60.2 Å². The molecule has 4 rings (SSSR count). The van der Waals surface area contributed by atoms with Gasteiger partial charge in [-0.15, -0.1) is 0 Å². The van der Waals surface area contributed by atoms with Gasteiger partial charge in [-0.3, -0.25) is 14.5 Å². The summed E-state index contributed by atoms with van der Waals surface area (Å²) >= 11 is 18.8. The average molecular weight is 589 g/mol. The zero-order valence-corrected chi connectivity index (χ0v) is 23.8. The SMILES string of the molecule is COc1cc(/C=C2\SC(=S)N(c3ccc(N(C)C)cc3)C2=O)ccc1OCC(=O)Nc1cccc(Cl)c1Cl. The highest BCUT2D eigenvalue weighted by atomic mass is 35.5. The number of carbonyl (C=O) groups is 2. The van der Waals surface area contributed by atoms with Gasteiger partial charge in [0.05, 0.1) is 33.4 Å². The van der Waals surface area contributed by atoms with Crippen LogP contribution >= 0.6 is 47.2 Å². The summed E-state index contributed by atoms with van der Waals surface area (Å²) < 4.78 is 11.6. The van der Waals surface area contributed by atoms with Crippen molar-refractivity contribution in [2.24, 2.45) is 0 Å². The molecule has 0 unspecified atom stereocenters. The standard InChI is InChI=1S/C27H23Cl2N3O4S2/c1-31(2)17-8-10-18(11-9-17)32-26(34)23(38-27(32)37)14-16-7-12-21(22(13-16)35-3)36-15-24(33)30-20-6-4-5-19(28)25(20)29/h4-14H,15H2,1-3H3,(H,30,33)/b23-14-. The van der Waals surface area contributed by atoms with Crippen molar-refractivity contribution in [3.05, 3.63) is 81.2 Å². The monoisotopic (exact) mass is 587 g/mol. The van der Waals surface area contributed by atoms with Crippen LogP contribution in [-0.2, 0) is 9.59 Å². The number of thiocarbonyl (C=S) groups is 1. The minimum atomic E-state index is -0.414. The van der Waals surface area contributed by atoms with E-state index in [0.717, 1.165) is 5.69 Å². The first-order valence-corrected chi connectivity index (χ1v) is 13.3. The van der Waals surface area contributed by atoms with Gasteiger partial charge in [0.15, 0.2) is 22.4 Å². The number of benzene rings is 3. The van der Waals surface area contributed by atoms with E-state index in [1.807, 2.05) is 43.3 Å². The fourth-order valence-electron chi connectivity index (χ4n) is 3.56. The van der Waals surface area contributed by atoms with E-state index in [2.05, 4.69) is 5.32 Å². The highest BCUT2D eigenvalue weighted by Gasteiger charge is 2.33. The molecular weight excluding hydrogens is 565 g/mol. The van der Waals surface area contributed by atoms with Gasteiger partial charge in [0.25, 0.3) is 11.8 Å². The molecular formula is C27H23Cl2N3O4S2. The van der Waals surface area contributed by atoms with Gasteiger partial charge in [-0.2, -0.15) is 0 Å². The van der Waals surface area contributed by atoms with Crippen molar-refractivity contribution in [3.8, 4) is 11.5 Å². The zero-order valence-electron chi connectivity index (χ0n) is 20.7. The van der Waals surface area contributed by atoms with E-state index in [0.29, 0.717) is 42.7 Å². The van der Waals surface area contributed by atoms with Gasteiger partial charge in [-0.1, -0.05) is 59.3 Å². The molecule has 3 aromatic rings. The number of anilines is 3. The molecule has 0 radical (unpaired) electrons. The number of nitrogens with one attached hydrogen (secondary N) is 1. The van der Waals surface area contributed by atoms with Gasteiger partial charge in [0.1, 0.15) is 0 Å². The van der Waals surface area contributed by atoms with E-state index in [-0.39, 0.29) is 17.5 Å². The first-order valence-electron chi connectivity index (χ1n) is 11.3. The molecule has 0 bridgehead atoms. The summed E-state index contributed by atoms with van der Waals surface area (Å²) in [4.78, 5) is 29.5. The number of thioether (sulfide) groups is 1. The van der Waals surface area contributed by atoms with Gasteiger partial charge < -0.3 is 19.7 Å². The number of carbonyl (C=O) groups excluding carboxylic acids is 2. The third-order valence-corrected chi connectivity index (χ3v) is 7.61. The second-order valence-corrected chi connectivity index (χ2v) is 10.7. The van der Waals surface area contributed by atoms with Gasteiger partial charge in [-0.25, -0.2) is 0 Å². The summed E-state index contributed by atoms with van der Waals surface area (Å²) in [5, 5.41) is 3.25. The fourth-order valence-corrected chi connectivity index (χ4v) is 5.21. The molecule has 0 atom stereocenters. The Kier molecular flexibility index (Phi) is 8.83. The van der Waals surface area contributed by atoms with Crippen molar-refractivity contribution in [3.63, 3.8) is 0 Å². The lowest BCUT2D eigenvalue weighted by molar-refractivity contribution is -0.118. The lowest BCUT2D eigenvalue weighted by Gasteiger charge is -2.17. The van der Waals surface area contributed by atoms with E-state index in [1.165, 1.54) is 23.8 Å². The molecule has 11 heteroatoms. The van der Waals surface area contributed by atoms with Crippen LogP contribution in [-0.4, -0.2) is 43.9 Å². The first kappa shape index (κ1) is 27.8. The molecule has 0 aliphatic carbocycles. The summed E-state index contributed by atoms with van der Waals surface area (Å²) in [7, 11) is 5.40. The van der Waals surface area contributed by atoms with Gasteiger partial charge in [0, 0.05) is 19.8 Å². The summed E-state index contributed by atoms with van der Waals surface area (Å²) in [5.41, 5.74) is 2.84. The predicted molar refractivity (Wildman–Crippen MR) is 160 cm³/mol. The van der Waals surface area contributed by atoms with Crippen LogP contribution in [0.25, 0.3) is 6.08 Å². The molecule has 0 saturated carbocycles. The van der Waals surface area contributed by atoms with Crippen LogP contribution in [0.2, 0.25) is 10.0 Å². The van der Waals surface area contributed by atoms with Crippen LogP contribution in [0.5, 0.6) is 11.5 Å². The average Bonchev–Trinajstić information content (AvgIpc) is 3.18. The number of ether oxygens (including phenoxy) is 2. The summed E-state index contributed by atoms with van der Waals surface area (Å²) in [6.07, 6.45) is 1.74. The fraction of sp³-hybridized carbons (Fsp3) is 0.148. The molecule has 1 heterocycles. The number of hydrogen-bond donors (Lipinski definition) is 1. The Morgan fingerprint density at radius 1 is 1.11 bits per heavy atom. The number of nitrogens with zero attached hydrogens (tertiary/aromatic N) is 2. The Labute approximate surface area is 240 Å². The van der Waals surface area contributed by atoms with E-state index in [4.69, 9.17) is 44.9 Å². The topological polar surface area (TPSA) is 71.1 Å². The van der Waals surface area contributed by atoms with Crippen molar-refractivity contribution < 1.29 is 19.1 Å². The maximum Gasteiger partial charge on any atom is 0.270 e. The molecule has 0 aromatic heterocycles. The Bertz CT molecular complexity index is 1430. The molecule has 1 N–H and O–H groups in total. The minimum Gasteiger partial charge on any atom is -0.493 e. The number of halogens is 2. The van der Waals surface area contributed by atoms with Crippen LogP contribution in [0.1, 0.15) is 5.56 Å². The quantitative estimate of drug-likeness (QED) is 0.238. The molecule has 1 aliphatic heterocycles. The highest BCUT2D eigenvalue weighted by molar-refractivity contribution is 8.27. The Morgan fingerprint density at radius 3 is 2.53 bits per heavy atom. The van der Waals surface area contributed by atoms with E-state index >= 15 is 0 Å². The smallest absolute Gasteiger partial charge is 0.270 e. The van der Waals surface area contributed by atoms with Crippen LogP contribution in [0.4, 0.5) is 17.1 Å². The van der Waals surface area contributed by atoms with Crippen LogP contribution in [0, 0.1) is 0 Å². The van der Waals surface area contributed by atoms with Crippen molar-refractivity contribution in [1.82, 2.24) is 0 Å². The summed E-state index contributed by atoms with van der Waals surface area (Å²) in [5.74, 6) is 0.156. The maximum absolute atomic E-state index is 13.2. The molecule has 3 aromatic carbocycles. The molecule has 196 valence electrons. The molecule has 1 fully saturated rings. The first-order chi connectivity index (χ1) is 18.2. The van der Waals surface area contributed by atoms with E-state index in [1.54, 1.807) is 42.5 Å². The molecule has 1 aliphatic rings. The Morgan fingerprint density at radius 2 is 1.84 bits per heavy atom. The molecule has 2 amide bonds. The van der Waals surface area contributed by atoms with E-state index in [9.17, 15) is 9.59 Å². The van der Waals surface area contributed by atoms with Crippen LogP contribution in [0.3, 0.4) is 0 Å². The number of hydrogen-bond acceptors (Lipinski definition) is 7.